The number of fused-ring (bicyclic) bond motifs is 3. The second kappa shape index (κ2) is 16.1. The summed E-state index contributed by atoms with van der Waals surface area (Å²) in [6, 6.07) is 35.8. The first-order chi connectivity index (χ1) is 15.7. The first-order valence-electron chi connectivity index (χ1n) is 11.4. The van der Waals surface area contributed by atoms with Gasteiger partial charge in [0.15, 0.2) is 0 Å². The number of hydrogen-bond donors (Lipinski definition) is 0. The zero-order valence-electron chi connectivity index (χ0n) is 19.5. The molecule has 6 rings (SSSR count). The Morgan fingerprint density at radius 3 is 1.80 bits per heavy atom. The van der Waals surface area contributed by atoms with E-state index in [2.05, 4.69) is 103 Å². The van der Waals surface area contributed by atoms with Crippen molar-refractivity contribution in [3.63, 3.8) is 0 Å². The quantitative estimate of drug-likeness (QED) is 0.258. The van der Waals surface area contributed by atoms with E-state index in [0.717, 1.165) is 21.9 Å². The van der Waals surface area contributed by atoms with E-state index in [1.54, 1.807) is 0 Å². The van der Waals surface area contributed by atoms with Crippen molar-refractivity contribution >= 4 is 36.6 Å². The van der Waals surface area contributed by atoms with Crippen LogP contribution in [0.1, 0.15) is 25.7 Å². The maximum atomic E-state index is 10.7. The summed E-state index contributed by atoms with van der Waals surface area (Å²) >= 11 is 0. The first-order valence-corrected chi connectivity index (χ1v) is 12.4. The van der Waals surface area contributed by atoms with Crippen molar-refractivity contribution in [2.45, 2.75) is 25.7 Å². The summed E-state index contributed by atoms with van der Waals surface area (Å²) < 4.78 is 0. The van der Waals surface area contributed by atoms with Crippen molar-refractivity contribution in [1.82, 2.24) is 0 Å². The molecule has 2 aliphatic carbocycles. The van der Waals surface area contributed by atoms with E-state index >= 15 is 0 Å². The maximum Gasteiger partial charge on any atom is 4.00 e. The molecule has 2 fully saturated rings. The molecule has 2 nitrogen and oxygen atoms in total. The second-order valence-corrected chi connectivity index (χ2v) is 10.1. The van der Waals surface area contributed by atoms with E-state index in [9.17, 15) is 4.79 Å². The molecular formula is C29H29Cl2NOSiTi. The Morgan fingerprint density at radius 1 is 0.771 bits per heavy atom. The van der Waals surface area contributed by atoms with Gasteiger partial charge in [-0.25, -0.2) is 0 Å². The molecule has 0 heterocycles. The Hall–Kier alpha value is -1.75. The molecule has 0 spiro atoms. The molecule has 2 aliphatic rings. The molecule has 6 heteroatoms. The number of rotatable bonds is 3. The van der Waals surface area contributed by atoms with E-state index < -0.39 is 0 Å². The van der Waals surface area contributed by atoms with Gasteiger partial charge in [0, 0.05) is 5.92 Å². The van der Waals surface area contributed by atoms with Gasteiger partial charge in [0.2, 0.25) is 0 Å². The predicted molar refractivity (Wildman–Crippen MR) is 136 cm³/mol. The Morgan fingerprint density at radius 2 is 1.34 bits per heavy atom. The van der Waals surface area contributed by atoms with Crippen LogP contribution >= 0.6 is 0 Å². The number of hydrogen-bond acceptors (Lipinski definition) is 1. The Labute approximate surface area is 239 Å². The first kappa shape index (κ1) is 31.3. The summed E-state index contributed by atoms with van der Waals surface area (Å²) in [5, 5.41) is 5.46. The molecule has 3 unspecified atom stereocenters. The predicted octanol–water partition coefficient (Wildman–Crippen LogP) is -0.0928. The monoisotopic (exact) mass is 553 g/mol. The van der Waals surface area contributed by atoms with Crippen LogP contribution in [0.15, 0.2) is 103 Å². The van der Waals surface area contributed by atoms with Crippen molar-refractivity contribution in [3.05, 3.63) is 109 Å². The summed E-state index contributed by atoms with van der Waals surface area (Å²) in [5.74, 6) is 1.20. The summed E-state index contributed by atoms with van der Waals surface area (Å²) in [6.45, 7) is 0. The van der Waals surface area contributed by atoms with E-state index in [1.165, 1.54) is 40.4 Å². The fourth-order valence-corrected chi connectivity index (χ4v) is 5.90. The van der Waals surface area contributed by atoms with Gasteiger partial charge in [0.25, 0.3) is 0 Å². The van der Waals surface area contributed by atoms with Gasteiger partial charge in [0.1, 0.15) is 9.52 Å². The average Bonchev–Trinajstić information content (AvgIpc) is 3.58. The van der Waals surface area contributed by atoms with Gasteiger partial charge in [-0.05, 0) is 31.1 Å². The Kier molecular flexibility index (Phi) is 14.4. The van der Waals surface area contributed by atoms with Gasteiger partial charge < -0.3 is 35.3 Å². The molecule has 0 aliphatic heterocycles. The molecule has 178 valence electrons. The molecule has 4 aromatic rings. The SMILES string of the molecule is [Cl-].[Cl-].[NH-]C(=O)C1CC2CCC1C2.[Ti+4].c1ccc([Si]c2ccccc2)cc1.c1ccc2[cH-]ccc2c1. The van der Waals surface area contributed by atoms with Crippen LogP contribution in [-0.4, -0.2) is 15.4 Å². The molecule has 3 atom stereocenters. The van der Waals surface area contributed by atoms with Crippen LogP contribution in [0.3, 0.4) is 0 Å². The van der Waals surface area contributed by atoms with Crippen LogP contribution in [0, 0.1) is 17.8 Å². The smallest absolute Gasteiger partial charge is 1.00 e. The average molecular weight is 554 g/mol. The number of carbonyl (C=O) groups excluding carboxylic acids is 1. The minimum Gasteiger partial charge on any atom is -1.00 e. The molecular weight excluding hydrogens is 525 g/mol. The molecule has 1 amide bonds. The van der Waals surface area contributed by atoms with E-state index in [0.29, 0.717) is 5.92 Å². The summed E-state index contributed by atoms with van der Waals surface area (Å²) in [5.41, 5.74) is 6.99. The third kappa shape index (κ3) is 9.33. The van der Waals surface area contributed by atoms with Crippen molar-refractivity contribution in [2.75, 3.05) is 0 Å². The van der Waals surface area contributed by atoms with E-state index in [4.69, 9.17) is 5.73 Å². The van der Waals surface area contributed by atoms with Gasteiger partial charge in [-0.2, -0.15) is 17.5 Å². The van der Waals surface area contributed by atoms with Gasteiger partial charge in [-0.1, -0.05) is 83.5 Å². The minimum atomic E-state index is -0.313. The van der Waals surface area contributed by atoms with Crippen LogP contribution < -0.4 is 35.2 Å². The van der Waals surface area contributed by atoms with Gasteiger partial charge >= 0.3 is 21.7 Å². The molecule has 35 heavy (non-hydrogen) atoms. The van der Waals surface area contributed by atoms with Crippen LogP contribution in [0.2, 0.25) is 0 Å². The van der Waals surface area contributed by atoms with Gasteiger partial charge in [-0.3, -0.25) is 0 Å². The van der Waals surface area contributed by atoms with Crippen molar-refractivity contribution in [1.29, 1.82) is 0 Å². The minimum absolute atomic E-state index is 0. The van der Waals surface area contributed by atoms with Crippen LogP contribution in [0.25, 0.3) is 16.5 Å². The summed E-state index contributed by atoms with van der Waals surface area (Å²) in [4.78, 5) is 10.7. The topological polar surface area (TPSA) is 40.9 Å². The number of benzene rings is 3. The Balaban J connectivity index is 0.000000256. The molecule has 4 aromatic carbocycles. The summed E-state index contributed by atoms with van der Waals surface area (Å²) in [6.07, 6.45) is 4.77. The zero-order valence-corrected chi connectivity index (χ0v) is 23.6. The van der Waals surface area contributed by atoms with Gasteiger partial charge in [0.05, 0.1) is 5.91 Å². The standard InChI is InChI=1S/C12H10Si.C9H7.C8H13NO.2ClH.Ti/c1-3-7-11(8-4-1)13-12-9-5-2-6-10-12;1-2-5-9-7-3-6-8(9)4-1;9-8(10)7-4-5-1-2-6(7)3-5;;;/h1-10H;1-7H;5-7H,1-4H2,(H2,9,10);2*1H;/q;-1;;;;+4/p-3. The van der Waals surface area contributed by atoms with Crippen LogP contribution in [-0.2, 0) is 26.5 Å². The third-order valence-corrected chi connectivity index (χ3v) is 7.70. The molecule has 2 bridgehead atoms. The van der Waals surface area contributed by atoms with Crippen molar-refractivity contribution < 1.29 is 51.3 Å². The molecule has 2 saturated carbocycles. The molecule has 0 saturated heterocycles. The van der Waals surface area contributed by atoms with E-state index in [-0.39, 0.29) is 58.4 Å². The molecule has 0 aromatic heterocycles. The number of carbonyl (C=O) groups is 1. The van der Waals surface area contributed by atoms with Crippen LogP contribution in [0.5, 0.6) is 0 Å². The molecule has 2 radical (unpaired) electrons. The zero-order chi connectivity index (χ0) is 22.2. The Bertz CT molecular complexity index is 1060. The van der Waals surface area contributed by atoms with Crippen molar-refractivity contribution in [3.8, 4) is 0 Å². The molecule has 1 N–H and O–H groups in total. The number of amides is 1. The fraction of sp³-hybridized carbons (Fsp3) is 0.241. The van der Waals surface area contributed by atoms with Crippen molar-refractivity contribution in [2.24, 2.45) is 17.8 Å². The second-order valence-electron chi connectivity index (χ2n) is 8.66. The van der Waals surface area contributed by atoms with Crippen LogP contribution in [0.4, 0.5) is 0 Å². The van der Waals surface area contributed by atoms with E-state index in [1.807, 2.05) is 0 Å². The number of nitrogens with one attached hydrogen (secondary N) is 1. The maximum absolute atomic E-state index is 10.7. The van der Waals surface area contributed by atoms with Gasteiger partial charge in [-0.15, -0.1) is 29.7 Å². The number of halogens is 2. The normalized spacial score (nSPS) is 18.9. The third-order valence-electron chi connectivity index (χ3n) is 6.46. The fourth-order valence-electron chi connectivity index (χ4n) is 4.85. The largest absolute Gasteiger partial charge is 4.00 e. The summed E-state index contributed by atoms with van der Waals surface area (Å²) in [7, 11) is 0.777.